The van der Waals surface area contributed by atoms with E-state index in [1.54, 1.807) is 19.9 Å². The van der Waals surface area contributed by atoms with Gasteiger partial charge < -0.3 is 9.47 Å². The molecule has 0 amide bonds. The molecule has 4 nitrogen and oxygen atoms in total. The molecule has 1 aliphatic rings. The maximum atomic E-state index is 13.3. The van der Waals surface area contributed by atoms with Crippen LogP contribution in [-0.2, 0) is 24.5 Å². The maximum Gasteiger partial charge on any atom is 0.374 e. The van der Waals surface area contributed by atoms with Crippen LogP contribution >= 0.6 is 0 Å². The van der Waals surface area contributed by atoms with Gasteiger partial charge in [-0.3, -0.25) is 4.79 Å². The average molecular weight is 364 g/mol. The highest BCUT2D eigenvalue weighted by Crippen LogP contribution is 2.47. The van der Waals surface area contributed by atoms with Crippen molar-refractivity contribution in [3.05, 3.63) is 83.6 Å². The zero-order valence-corrected chi connectivity index (χ0v) is 15.8. The fourth-order valence-electron chi connectivity index (χ4n) is 3.67. The van der Waals surface area contributed by atoms with E-state index < -0.39 is 17.4 Å². The van der Waals surface area contributed by atoms with E-state index in [9.17, 15) is 9.59 Å². The third-order valence-corrected chi connectivity index (χ3v) is 4.97. The van der Waals surface area contributed by atoms with Gasteiger partial charge >= 0.3 is 11.9 Å². The summed E-state index contributed by atoms with van der Waals surface area (Å²) in [5.41, 5.74) is 0.929. The Morgan fingerprint density at radius 3 is 2.22 bits per heavy atom. The molecule has 0 saturated carbocycles. The monoisotopic (exact) mass is 364 g/mol. The number of ether oxygens (including phenoxy) is 2. The van der Waals surface area contributed by atoms with Gasteiger partial charge in [0, 0.05) is 5.92 Å². The van der Waals surface area contributed by atoms with Crippen molar-refractivity contribution in [2.24, 2.45) is 0 Å². The summed E-state index contributed by atoms with van der Waals surface area (Å²) in [5, 5.41) is 0. The molecule has 2 aromatic carbocycles. The first-order valence-electron chi connectivity index (χ1n) is 9.24. The van der Waals surface area contributed by atoms with Gasteiger partial charge in [-0.15, -0.1) is 0 Å². The summed E-state index contributed by atoms with van der Waals surface area (Å²) in [6.45, 7) is 5.49. The highest BCUT2D eigenvalue weighted by Gasteiger charge is 2.51. The standard InChI is InChI=1S/C23H24O4/c1-4-23(18-13-9-6-10-14-18)19(17-11-7-5-8-12-17)15-20(27-22(23)25)21(24)26-16(2)3/h5-16,19H,4H2,1-3H3/t19-,23+/m1/s1. The Bertz CT molecular complexity index is 839. The van der Waals surface area contributed by atoms with E-state index in [2.05, 4.69) is 0 Å². The topological polar surface area (TPSA) is 52.6 Å². The Labute approximate surface area is 159 Å². The van der Waals surface area contributed by atoms with Crippen molar-refractivity contribution in [3.8, 4) is 0 Å². The third kappa shape index (κ3) is 3.52. The SMILES string of the molecule is CC[C@@]1(c2ccccc2)C(=O)OC(C(=O)OC(C)C)=C[C@@H]1c1ccccc1. The molecule has 0 N–H and O–H groups in total. The van der Waals surface area contributed by atoms with Gasteiger partial charge in [0.25, 0.3) is 0 Å². The molecule has 0 spiro atoms. The summed E-state index contributed by atoms with van der Waals surface area (Å²) in [6, 6.07) is 19.3. The first-order valence-corrected chi connectivity index (χ1v) is 9.24. The number of hydrogen-bond acceptors (Lipinski definition) is 4. The van der Waals surface area contributed by atoms with Crippen LogP contribution in [0.1, 0.15) is 44.2 Å². The minimum atomic E-state index is -0.899. The molecular formula is C23H24O4. The molecule has 27 heavy (non-hydrogen) atoms. The van der Waals surface area contributed by atoms with Gasteiger partial charge in [0.05, 0.1) is 6.10 Å². The van der Waals surface area contributed by atoms with Crippen LogP contribution in [0.25, 0.3) is 0 Å². The van der Waals surface area contributed by atoms with Crippen LogP contribution in [0.2, 0.25) is 0 Å². The molecule has 2 atom stereocenters. The molecule has 1 heterocycles. The van der Waals surface area contributed by atoms with Crippen molar-refractivity contribution in [1.82, 2.24) is 0 Å². The van der Waals surface area contributed by atoms with Crippen molar-refractivity contribution < 1.29 is 19.1 Å². The van der Waals surface area contributed by atoms with Gasteiger partial charge in [-0.25, -0.2) is 4.79 Å². The number of cyclic esters (lactones) is 1. The van der Waals surface area contributed by atoms with Crippen LogP contribution in [0.3, 0.4) is 0 Å². The maximum absolute atomic E-state index is 13.3. The summed E-state index contributed by atoms with van der Waals surface area (Å²) < 4.78 is 10.8. The van der Waals surface area contributed by atoms with Gasteiger partial charge in [-0.1, -0.05) is 67.6 Å². The van der Waals surface area contributed by atoms with Gasteiger partial charge in [0.15, 0.2) is 0 Å². The summed E-state index contributed by atoms with van der Waals surface area (Å²) in [6.07, 6.45) is 1.98. The van der Waals surface area contributed by atoms with Crippen LogP contribution < -0.4 is 0 Å². The minimum absolute atomic E-state index is 0.0393. The molecule has 1 aliphatic heterocycles. The molecule has 0 radical (unpaired) electrons. The first-order chi connectivity index (χ1) is 13.0. The zero-order valence-electron chi connectivity index (χ0n) is 15.8. The lowest BCUT2D eigenvalue weighted by Gasteiger charge is -2.40. The van der Waals surface area contributed by atoms with E-state index >= 15 is 0 Å². The Morgan fingerprint density at radius 2 is 1.67 bits per heavy atom. The predicted molar refractivity (Wildman–Crippen MR) is 103 cm³/mol. The van der Waals surface area contributed by atoms with E-state index in [-0.39, 0.29) is 17.8 Å². The summed E-state index contributed by atoms with van der Waals surface area (Å²) in [4.78, 5) is 25.7. The van der Waals surface area contributed by atoms with Crippen molar-refractivity contribution >= 4 is 11.9 Å². The van der Waals surface area contributed by atoms with E-state index in [1.165, 1.54) is 0 Å². The Hall–Kier alpha value is -2.88. The number of benzene rings is 2. The van der Waals surface area contributed by atoms with Gasteiger partial charge in [-0.05, 0) is 37.5 Å². The second-order valence-electron chi connectivity index (χ2n) is 6.95. The third-order valence-electron chi connectivity index (χ3n) is 4.97. The van der Waals surface area contributed by atoms with E-state index in [1.807, 2.05) is 67.6 Å². The van der Waals surface area contributed by atoms with E-state index in [4.69, 9.17) is 9.47 Å². The normalized spacial score (nSPS) is 22.1. The van der Waals surface area contributed by atoms with E-state index in [0.717, 1.165) is 11.1 Å². The lowest BCUT2D eigenvalue weighted by Crippen LogP contribution is -2.45. The number of rotatable bonds is 5. The smallest absolute Gasteiger partial charge is 0.374 e. The lowest BCUT2D eigenvalue weighted by atomic mass is 9.64. The van der Waals surface area contributed by atoms with Crippen LogP contribution in [0.15, 0.2) is 72.5 Å². The fourth-order valence-corrected chi connectivity index (χ4v) is 3.67. The number of allylic oxidation sites excluding steroid dienone is 1. The molecule has 4 heteroatoms. The molecule has 140 valence electrons. The van der Waals surface area contributed by atoms with E-state index in [0.29, 0.717) is 6.42 Å². The summed E-state index contributed by atoms with van der Waals surface area (Å²) >= 11 is 0. The number of esters is 2. The number of hydrogen-bond donors (Lipinski definition) is 0. The summed E-state index contributed by atoms with van der Waals surface area (Å²) in [7, 11) is 0. The molecule has 0 aliphatic carbocycles. The van der Waals surface area contributed by atoms with Gasteiger partial charge in [0.2, 0.25) is 5.76 Å². The number of carbonyl (C=O) groups is 2. The van der Waals surface area contributed by atoms with Gasteiger partial charge in [0.1, 0.15) is 5.41 Å². The van der Waals surface area contributed by atoms with Crippen LogP contribution in [0, 0.1) is 0 Å². The van der Waals surface area contributed by atoms with Crippen molar-refractivity contribution in [3.63, 3.8) is 0 Å². The van der Waals surface area contributed by atoms with Crippen LogP contribution in [0.5, 0.6) is 0 Å². The second-order valence-corrected chi connectivity index (χ2v) is 6.95. The summed E-state index contributed by atoms with van der Waals surface area (Å²) in [5.74, 6) is -1.41. The molecule has 3 rings (SSSR count). The van der Waals surface area contributed by atoms with Crippen molar-refractivity contribution in [2.45, 2.75) is 44.6 Å². The quantitative estimate of drug-likeness (QED) is 0.733. The molecule has 2 aromatic rings. The highest BCUT2D eigenvalue weighted by molar-refractivity contribution is 5.95. The van der Waals surface area contributed by atoms with Crippen LogP contribution in [0.4, 0.5) is 0 Å². The Balaban J connectivity index is 2.17. The van der Waals surface area contributed by atoms with Crippen LogP contribution in [-0.4, -0.2) is 18.0 Å². The molecule has 0 aromatic heterocycles. The molecule has 0 bridgehead atoms. The minimum Gasteiger partial charge on any atom is -0.457 e. The van der Waals surface area contributed by atoms with Gasteiger partial charge in [-0.2, -0.15) is 0 Å². The lowest BCUT2D eigenvalue weighted by molar-refractivity contribution is -0.159. The fraction of sp³-hybridized carbons (Fsp3) is 0.304. The Morgan fingerprint density at radius 1 is 1.07 bits per heavy atom. The van der Waals surface area contributed by atoms with Crippen molar-refractivity contribution in [2.75, 3.05) is 0 Å². The second kappa shape index (κ2) is 7.78. The molecule has 0 saturated heterocycles. The predicted octanol–water partition coefficient (Wildman–Crippen LogP) is 4.51. The first kappa shape index (κ1) is 18.9. The number of carbonyl (C=O) groups excluding carboxylic acids is 2. The Kier molecular flexibility index (Phi) is 5.45. The largest absolute Gasteiger partial charge is 0.457 e. The molecule has 0 fully saturated rings. The molecule has 0 unspecified atom stereocenters. The highest BCUT2D eigenvalue weighted by atomic mass is 16.6. The van der Waals surface area contributed by atoms with Crippen molar-refractivity contribution in [1.29, 1.82) is 0 Å². The zero-order chi connectivity index (χ0) is 19.4. The molecular weight excluding hydrogens is 340 g/mol. The average Bonchev–Trinajstić information content (AvgIpc) is 2.68.